The largest absolute Gasteiger partial charge is 0.453 e. The van der Waals surface area contributed by atoms with E-state index in [0.717, 1.165) is 6.54 Å². The van der Waals surface area contributed by atoms with Crippen LogP contribution in [-0.4, -0.2) is 36.6 Å². The molecule has 4 heteroatoms. The van der Waals surface area contributed by atoms with E-state index in [1.165, 1.54) is 7.11 Å². The third kappa shape index (κ3) is 1.27. The van der Waals surface area contributed by atoms with Gasteiger partial charge in [-0.2, -0.15) is 0 Å². The molecule has 1 atom stereocenters. The fraction of sp³-hybridized carbons (Fsp3) is 0.800. The smallest absolute Gasteiger partial charge is 0.409 e. The van der Waals surface area contributed by atoms with Gasteiger partial charge in [-0.25, -0.2) is 4.79 Å². The Labute approximate surface area is 58.5 Å². The van der Waals surface area contributed by atoms with Gasteiger partial charge in [-0.15, -0.1) is 11.6 Å². The number of ether oxygens (including phenoxy) is 1. The molecule has 0 bridgehead atoms. The molecule has 0 radical (unpaired) electrons. The minimum Gasteiger partial charge on any atom is -0.453 e. The van der Waals surface area contributed by atoms with Crippen molar-refractivity contribution >= 4 is 17.7 Å². The molecular weight excluding hydrogens is 142 g/mol. The van der Waals surface area contributed by atoms with Crippen LogP contribution in [0.15, 0.2) is 0 Å². The van der Waals surface area contributed by atoms with Crippen LogP contribution in [0.2, 0.25) is 0 Å². The van der Waals surface area contributed by atoms with Crippen LogP contribution in [-0.2, 0) is 4.74 Å². The topological polar surface area (TPSA) is 29.3 Å². The fourth-order valence-corrected chi connectivity index (χ4v) is 0.917. The molecule has 1 fully saturated rings. The summed E-state index contributed by atoms with van der Waals surface area (Å²) in [7, 11) is 1.37. The maximum absolute atomic E-state index is 10.6. The molecule has 0 aromatic heterocycles. The van der Waals surface area contributed by atoms with Crippen LogP contribution in [0.5, 0.6) is 0 Å². The number of nitrogens with zero attached hydrogens (tertiary/aromatic N) is 1. The predicted octanol–water partition coefficient (Wildman–Crippen LogP) is 0.676. The van der Waals surface area contributed by atoms with E-state index in [2.05, 4.69) is 4.74 Å². The van der Waals surface area contributed by atoms with E-state index in [1.54, 1.807) is 4.90 Å². The number of hydrogen-bond donors (Lipinski definition) is 0. The number of amides is 1. The van der Waals surface area contributed by atoms with E-state index in [-0.39, 0.29) is 12.1 Å². The lowest BCUT2D eigenvalue weighted by atomic mass is 10.6. The van der Waals surface area contributed by atoms with Gasteiger partial charge in [0.15, 0.2) is 0 Å². The van der Waals surface area contributed by atoms with Crippen molar-refractivity contribution in [3.63, 3.8) is 0 Å². The number of halogens is 1. The Hall–Kier alpha value is -0.440. The Morgan fingerprint density at radius 1 is 2.00 bits per heavy atom. The van der Waals surface area contributed by atoms with Crippen LogP contribution in [0.25, 0.3) is 0 Å². The minimum absolute atomic E-state index is 0.221. The van der Waals surface area contributed by atoms with Crippen molar-refractivity contribution in [1.82, 2.24) is 4.90 Å². The molecule has 9 heavy (non-hydrogen) atoms. The van der Waals surface area contributed by atoms with Gasteiger partial charge >= 0.3 is 6.09 Å². The van der Waals surface area contributed by atoms with Crippen molar-refractivity contribution in [2.45, 2.75) is 6.04 Å². The van der Waals surface area contributed by atoms with E-state index in [0.29, 0.717) is 5.88 Å². The maximum Gasteiger partial charge on any atom is 0.409 e. The molecule has 1 amide bonds. The number of rotatable bonds is 1. The predicted molar refractivity (Wildman–Crippen MR) is 33.6 cm³/mol. The average Bonchev–Trinajstić information content (AvgIpc) is 2.64. The van der Waals surface area contributed by atoms with Gasteiger partial charge in [0.25, 0.3) is 0 Å². The molecule has 1 heterocycles. The summed E-state index contributed by atoms with van der Waals surface area (Å²) >= 11 is 5.45. The van der Waals surface area contributed by atoms with Gasteiger partial charge in [-0.05, 0) is 0 Å². The van der Waals surface area contributed by atoms with E-state index < -0.39 is 0 Å². The molecule has 0 aromatic carbocycles. The molecule has 1 rings (SSSR count). The van der Waals surface area contributed by atoms with E-state index in [1.807, 2.05) is 0 Å². The summed E-state index contributed by atoms with van der Waals surface area (Å²) in [4.78, 5) is 12.2. The van der Waals surface area contributed by atoms with Crippen molar-refractivity contribution in [2.75, 3.05) is 19.5 Å². The molecule has 0 N–H and O–H groups in total. The highest BCUT2D eigenvalue weighted by atomic mass is 35.5. The molecule has 0 spiro atoms. The van der Waals surface area contributed by atoms with Crippen LogP contribution in [0.4, 0.5) is 4.79 Å². The fourth-order valence-electron chi connectivity index (χ4n) is 0.653. The number of carbonyl (C=O) groups excluding carboxylic acids is 1. The van der Waals surface area contributed by atoms with Crippen molar-refractivity contribution < 1.29 is 9.53 Å². The van der Waals surface area contributed by atoms with Gasteiger partial charge < -0.3 is 9.64 Å². The summed E-state index contributed by atoms with van der Waals surface area (Å²) in [5.41, 5.74) is 0. The summed E-state index contributed by atoms with van der Waals surface area (Å²) in [6.07, 6.45) is -0.277. The SMILES string of the molecule is COC(=O)N1C[C@H]1CCl. The molecule has 3 nitrogen and oxygen atoms in total. The molecule has 0 saturated carbocycles. The Bertz CT molecular complexity index is 128. The van der Waals surface area contributed by atoms with Crippen LogP contribution in [0.3, 0.4) is 0 Å². The van der Waals surface area contributed by atoms with Gasteiger partial charge in [0.2, 0.25) is 0 Å². The second-order valence-electron chi connectivity index (χ2n) is 1.93. The normalized spacial score (nSPS) is 23.8. The Morgan fingerprint density at radius 3 is 3.00 bits per heavy atom. The first kappa shape index (κ1) is 6.68. The van der Waals surface area contributed by atoms with Gasteiger partial charge in [0, 0.05) is 12.4 Å². The number of alkyl halides is 1. The zero-order chi connectivity index (χ0) is 6.85. The standard InChI is InChI=1S/C5H8ClNO2/c1-9-5(8)7-3-4(7)2-6/h4H,2-3H2,1H3/t4-,7?/m1/s1. The van der Waals surface area contributed by atoms with Crippen LogP contribution in [0, 0.1) is 0 Å². The summed E-state index contributed by atoms with van der Waals surface area (Å²) in [6.45, 7) is 0.746. The number of hydrogen-bond acceptors (Lipinski definition) is 2. The zero-order valence-electron chi connectivity index (χ0n) is 5.13. The van der Waals surface area contributed by atoms with Gasteiger partial charge in [0.1, 0.15) is 0 Å². The quantitative estimate of drug-likeness (QED) is 0.405. The highest BCUT2D eigenvalue weighted by molar-refractivity contribution is 6.18. The van der Waals surface area contributed by atoms with Gasteiger partial charge in [0.05, 0.1) is 13.2 Å². The summed E-state index contributed by atoms with van der Waals surface area (Å²) in [5.74, 6) is 0.509. The highest BCUT2D eigenvalue weighted by Crippen LogP contribution is 2.18. The monoisotopic (exact) mass is 149 g/mol. The maximum atomic E-state index is 10.6. The van der Waals surface area contributed by atoms with E-state index in [4.69, 9.17) is 11.6 Å². The lowest BCUT2D eigenvalue weighted by molar-refractivity contribution is 0.153. The van der Waals surface area contributed by atoms with Crippen molar-refractivity contribution in [3.05, 3.63) is 0 Å². The third-order valence-corrected chi connectivity index (χ3v) is 1.66. The minimum atomic E-state index is -0.277. The van der Waals surface area contributed by atoms with Crippen molar-refractivity contribution in [3.8, 4) is 0 Å². The van der Waals surface area contributed by atoms with Crippen molar-refractivity contribution in [1.29, 1.82) is 0 Å². The Morgan fingerprint density at radius 2 is 2.67 bits per heavy atom. The van der Waals surface area contributed by atoms with E-state index in [9.17, 15) is 4.79 Å². The van der Waals surface area contributed by atoms with E-state index >= 15 is 0 Å². The first-order chi connectivity index (χ1) is 4.29. The Balaban J connectivity index is 2.25. The number of methoxy groups -OCH3 is 1. The highest BCUT2D eigenvalue weighted by Gasteiger charge is 2.38. The first-order valence-corrected chi connectivity index (χ1v) is 3.23. The molecular formula is C5H8ClNO2. The number of carbonyl (C=O) groups is 1. The average molecular weight is 150 g/mol. The molecule has 1 aliphatic rings. The van der Waals surface area contributed by atoms with Gasteiger partial charge in [-0.3, -0.25) is 0 Å². The lowest BCUT2D eigenvalue weighted by Crippen LogP contribution is -2.13. The molecule has 1 aliphatic heterocycles. The second kappa shape index (κ2) is 2.43. The zero-order valence-corrected chi connectivity index (χ0v) is 5.89. The van der Waals surface area contributed by atoms with Crippen molar-refractivity contribution in [2.24, 2.45) is 0 Å². The summed E-state index contributed by atoms with van der Waals surface area (Å²) in [5, 5.41) is 0. The van der Waals surface area contributed by atoms with Crippen LogP contribution < -0.4 is 0 Å². The molecule has 0 aromatic rings. The summed E-state index contributed by atoms with van der Waals surface area (Å²) < 4.78 is 4.43. The summed E-state index contributed by atoms with van der Waals surface area (Å²) in [6, 6.07) is 0.221. The lowest BCUT2D eigenvalue weighted by Gasteiger charge is -1.97. The van der Waals surface area contributed by atoms with Gasteiger partial charge in [-0.1, -0.05) is 0 Å². The molecule has 1 saturated heterocycles. The Kier molecular flexibility index (Phi) is 1.81. The molecule has 0 unspecified atom stereocenters. The van der Waals surface area contributed by atoms with Crippen LogP contribution >= 0.6 is 11.6 Å². The molecule has 0 aliphatic carbocycles. The van der Waals surface area contributed by atoms with Crippen LogP contribution in [0.1, 0.15) is 0 Å². The third-order valence-electron chi connectivity index (χ3n) is 1.30. The second-order valence-corrected chi connectivity index (χ2v) is 2.24. The molecule has 52 valence electrons. The first-order valence-electron chi connectivity index (χ1n) is 2.70.